The van der Waals surface area contributed by atoms with Gasteiger partial charge in [0.1, 0.15) is 11.6 Å². The number of rotatable bonds is 11. The van der Waals surface area contributed by atoms with Gasteiger partial charge in [-0.15, -0.1) is 0 Å². The molecule has 198 valence electrons. The van der Waals surface area contributed by atoms with Crippen molar-refractivity contribution in [3.8, 4) is 0 Å². The maximum atomic E-state index is 13.8. The maximum Gasteiger partial charge on any atom is 0.250 e. The molecule has 0 aromatic heterocycles. The van der Waals surface area contributed by atoms with Crippen LogP contribution in [0.3, 0.4) is 0 Å². The van der Waals surface area contributed by atoms with Gasteiger partial charge in [0.2, 0.25) is 17.7 Å². The molecule has 3 aliphatic rings. The highest BCUT2D eigenvalue weighted by Gasteiger charge is 2.74. The van der Waals surface area contributed by atoms with Crippen molar-refractivity contribution >= 4 is 29.1 Å². The van der Waals surface area contributed by atoms with Gasteiger partial charge in [-0.2, -0.15) is 0 Å². The number of likely N-dealkylation sites (tertiary alicyclic amines) is 1. The minimum Gasteiger partial charge on any atom is -0.394 e. The Morgan fingerprint density at radius 3 is 2.44 bits per heavy atom. The smallest absolute Gasteiger partial charge is 0.250 e. The van der Waals surface area contributed by atoms with Crippen molar-refractivity contribution in [1.82, 2.24) is 10.2 Å². The van der Waals surface area contributed by atoms with Crippen LogP contribution in [0.5, 0.6) is 0 Å². The highest BCUT2D eigenvalue weighted by Crippen LogP contribution is 2.59. The van der Waals surface area contributed by atoms with Crippen molar-refractivity contribution in [3.63, 3.8) is 0 Å². The van der Waals surface area contributed by atoms with E-state index in [1.807, 2.05) is 38.1 Å². The Morgan fingerprint density at radius 2 is 1.86 bits per heavy atom. The number of nitrogens with zero attached hydrogens (tertiary/aromatic N) is 2. The van der Waals surface area contributed by atoms with Crippen molar-refractivity contribution in [2.24, 2.45) is 11.8 Å². The predicted molar refractivity (Wildman–Crippen MR) is 138 cm³/mol. The maximum absolute atomic E-state index is 13.8. The van der Waals surface area contributed by atoms with Crippen molar-refractivity contribution in [3.05, 3.63) is 24.3 Å². The van der Waals surface area contributed by atoms with Gasteiger partial charge in [-0.05, 0) is 63.8 Å². The molecule has 0 radical (unpaired) electrons. The van der Waals surface area contributed by atoms with Crippen LogP contribution >= 0.6 is 0 Å². The molecule has 9 heteroatoms. The third-order valence-corrected chi connectivity index (χ3v) is 8.18. The molecule has 9 nitrogen and oxygen atoms in total. The SMILES string of the molecule is CCCNC(=O)[C@@H]1[C@@H]2CCC3(O2)C(C(=O)Nc2ccc(N(CC)CC)cc2)N([C@@H](CC)CO)C(=O)[C@H]13. The molecule has 36 heavy (non-hydrogen) atoms. The van der Waals surface area contributed by atoms with Gasteiger partial charge >= 0.3 is 0 Å². The van der Waals surface area contributed by atoms with Crippen molar-refractivity contribution in [2.45, 2.75) is 77.2 Å². The number of anilines is 2. The summed E-state index contributed by atoms with van der Waals surface area (Å²) in [6.07, 6.45) is 2.06. The molecule has 0 saturated carbocycles. The number of benzene rings is 1. The Kier molecular flexibility index (Phi) is 7.90. The molecule has 2 bridgehead atoms. The first-order valence-corrected chi connectivity index (χ1v) is 13.4. The molecular weight excluding hydrogens is 460 g/mol. The van der Waals surface area contributed by atoms with Crippen LogP contribution in [0.4, 0.5) is 11.4 Å². The fraction of sp³-hybridized carbons (Fsp3) is 0.667. The molecular formula is C27H40N4O5. The van der Waals surface area contributed by atoms with Crippen LogP contribution in [-0.4, -0.2) is 77.8 Å². The molecule has 3 heterocycles. The van der Waals surface area contributed by atoms with Crippen LogP contribution in [-0.2, 0) is 19.1 Å². The Balaban J connectivity index is 1.64. The van der Waals surface area contributed by atoms with E-state index in [-0.39, 0.29) is 30.4 Å². The van der Waals surface area contributed by atoms with Gasteiger partial charge in [-0.25, -0.2) is 0 Å². The predicted octanol–water partition coefficient (Wildman–Crippen LogP) is 2.14. The summed E-state index contributed by atoms with van der Waals surface area (Å²) >= 11 is 0. The first-order chi connectivity index (χ1) is 17.4. The summed E-state index contributed by atoms with van der Waals surface area (Å²) in [6, 6.07) is 6.22. The Hall–Kier alpha value is -2.65. The molecule has 4 rings (SSSR count). The highest BCUT2D eigenvalue weighted by atomic mass is 16.5. The molecule has 6 atom stereocenters. The summed E-state index contributed by atoms with van der Waals surface area (Å²) in [5, 5.41) is 16.0. The molecule has 3 saturated heterocycles. The standard InChI is InChI=1S/C27H40N4O5/c1-5-15-28-24(33)21-20-13-14-27(36-20)22(21)26(35)31(18(6-2)16-32)23(27)25(34)29-17-9-11-19(12-10-17)30(7-3)8-4/h9-12,18,20-23,32H,5-8,13-16H2,1-4H3,(H,28,33)(H,29,34)/t18-,20-,21+,22-,23?,27?/m0/s1. The number of hydrogen-bond donors (Lipinski definition) is 3. The monoisotopic (exact) mass is 500 g/mol. The fourth-order valence-electron chi connectivity index (χ4n) is 6.42. The minimum absolute atomic E-state index is 0.188. The lowest BCUT2D eigenvalue weighted by molar-refractivity contribution is -0.144. The van der Waals surface area contributed by atoms with Gasteiger partial charge < -0.3 is 30.3 Å². The second kappa shape index (κ2) is 10.8. The topological polar surface area (TPSA) is 111 Å². The molecule has 1 aromatic rings. The average molecular weight is 501 g/mol. The van der Waals surface area contributed by atoms with Crippen LogP contribution in [0.25, 0.3) is 0 Å². The quantitative estimate of drug-likeness (QED) is 0.429. The Bertz CT molecular complexity index is 961. The van der Waals surface area contributed by atoms with Crippen molar-refractivity contribution in [2.75, 3.05) is 36.5 Å². The number of fused-ring (bicyclic) bond motifs is 1. The van der Waals surface area contributed by atoms with Gasteiger partial charge in [0.25, 0.3) is 0 Å². The molecule has 3 N–H and O–H groups in total. The number of nitrogens with one attached hydrogen (secondary N) is 2. The van der Waals surface area contributed by atoms with Crippen LogP contribution in [0, 0.1) is 11.8 Å². The number of amides is 3. The zero-order valence-electron chi connectivity index (χ0n) is 21.8. The van der Waals surface area contributed by atoms with E-state index in [2.05, 4.69) is 29.4 Å². The van der Waals surface area contributed by atoms with Crippen LogP contribution in [0.2, 0.25) is 0 Å². The second-order valence-corrected chi connectivity index (χ2v) is 10.0. The van der Waals surface area contributed by atoms with E-state index in [1.165, 1.54) is 4.90 Å². The lowest BCUT2D eigenvalue weighted by Crippen LogP contribution is -2.56. The van der Waals surface area contributed by atoms with Gasteiger partial charge in [-0.1, -0.05) is 13.8 Å². The lowest BCUT2D eigenvalue weighted by Gasteiger charge is -2.36. The molecule has 1 aromatic carbocycles. The Labute approximate surface area is 213 Å². The zero-order valence-corrected chi connectivity index (χ0v) is 21.8. The third-order valence-electron chi connectivity index (χ3n) is 8.18. The fourth-order valence-corrected chi connectivity index (χ4v) is 6.42. The summed E-state index contributed by atoms with van der Waals surface area (Å²) in [4.78, 5) is 44.5. The minimum atomic E-state index is -1.07. The highest BCUT2D eigenvalue weighted by molar-refractivity contribution is 6.03. The normalized spacial score (nSPS) is 29.2. The molecule has 3 amide bonds. The summed E-state index contributed by atoms with van der Waals surface area (Å²) in [5.41, 5.74) is 0.633. The molecule has 1 spiro atoms. The first kappa shape index (κ1) is 26.4. The van der Waals surface area contributed by atoms with Crippen LogP contribution in [0.1, 0.15) is 53.4 Å². The van der Waals surface area contributed by atoms with E-state index in [1.54, 1.807) is 0 Å². The largest absolute Gasteiger partial charge is 0.394 e. The number of aliphatic hydroxyl groups excluding tert-OH is 1. The van der Waals surface area contributed by atoms with Crippen molar-refractivity contribution in [1.29, 1.82) is 0 Å². The van der Waals surface area contributed by atoms with E-state index >= 15 is 0 Å². The van der Waals surface area contributed by atoms with E-state index in [0.29, 0.717) is 31.5 Å². The van der Waals surface area contributed by atoms with Gasteiger partial charge in [0.05, 0.1) is 30.6 Å². The zero-order chi connectivity index (χ0) is 26.0. The number of carbonyl (C=O) groups excluding carboxylic acids is 3. The molecule has 3 aliphatic heterocycles. The Morgan fingerprint density at radius 1 is 1.17 bits per heavy atom. The van der Waals surface area contributed by atoms with E-state index in [0.717, 1.165) is 25.2 Å². The number of ether oxygens (including phenoxy) is 1. The van der Waals surface area contributed by atoms with Gasteiger partial charge in [-0.3, -0.25) is 14.4 Å². The van der Waals surface area contributed by atoms with E-state index in [4.69, 9.17) is 4.74 Å². The average Bonchev–Trinajstić information content (AvgIpc) is 3.53. The molecule has 0 aliphatic carbocycles. The summed E-state index contributed by atoms with van der Waals surface area (Å²) in [7, 11) is 0. The summed E-state index contributed by atoms with van der Waals surface area (Å²) in [5.74, 6) is -2.15. The van der Waals surface area contributed by atoms with Crippen LogP contribution < -0.4 is 15.5 Å². The second-order valence-electron chi connectivity index (χ2n) is 10.0. The number of hydrogen-bond acceptors (Lipinski definition) is 6. The van der Waals surface area contributed by atoms with Gasteiger partial charge in [0.15, 0.2) is 0 Å². The molecule has 3 fully saturated rings. The van der Waals surface area contributed by atoms with E-state index < -0.39 is 29.5 Å². The first-order valence-electron chi connectivity index (χ1n) is 13.4. The van der Waals surface area contributed by atoms with E-state index in [9.17, 15) is 19.5 Å². The van der Waals surface area contributed by atoms with Crippen LogP contribution in [0.15, 0.2) is 24.3 Å². The van der Waals surface area contributed by atoms with Gasteiger partial charge in [0, 0.05) is 31.0 Å². The number of aliphatic hydroxyl groups is 1. The number of carbonyl (C=O) groups is 3. The molecule has 2 unspecified atom stereocenters. The summed E-state index contributed by atoms with van der Waals surface area (Å²) in [6.45, 7) is 10.1. The van der Waals surface area contributed by atoms with Crippen molar-refractivity contribution < 1.29 is 24.2 Å². The third kappa shape index (κ3) is 4.26. The lowest BCUT2D eigenvalue weighted by atomic mass is 9.70. The summed E-state index contributed by atoms with van der Waals surface area (Å²) < 4.78 is 6.42.